The fourth-order valence-corrected chi connectivity index (χ4v) is 5.06. The minimum Gasteiger partial charge on any atom is -0.434 e. The second-order valence-corrected chi connectivity index (χ2v) is 9.51. The Bertz CT molecular complexity index is 1600. The van der Waals surface area contributed by atoms with Crippen LogP contribution in [0.15, 0.2) is 53.6 Å². The number of hydrogen-bond acceptors (Lipinski definition) is 7. The molecule has 0 bridgehead atoms. The van der Waals surface area contributed by atoms with Gasteiger partial charge in [0.2, 0.25) is 11.9 Å². The minimum atomic E-state index is -3.03. The molecule has 1 atom stereocenters. The number of carbonyl (C=O) groups excluding carboxylic acids is 1. The highest BCUT2D eigenvalue weighted by Gasteiger charge is 2.28. The van der Waals surface area contributed by atoms with Crippen molar-refractivity contribution >= 4 is 22.8 Å². The predicted octanol–water partition coefficient (Wildman–Crippen LogP) is 2.62. The number of piperazine rings is 1. The number of para-hydroxylation sites is 1. The van der Waals surface area contributed by atoms with Gasteiger partial charge in [0, 0.05) is 61.8 Å². The normalized spacial score (nSPS) is 15.7. The molecule has 40 heavy (non-hydrogen) atoms. The molecule has 2 aromatic heterocycles. The number of hydrogen-bond donors (Lipinski definition) is 1. The number of aliphatic hydroxyl groups excluding tert-OH is 1. The number of fused-ring (bicyclic) bond motifs is 1. The lowest BCUT2D eigenvalue weighted by atomic mass is 10.1. The predicted molar refractivity (Wildman–Crippen MR) is 141 cm³/mol. The van der Waals surface area contributed by atoms with Crippen molar-refractivity contribution in [3.8, 4) is 16.9 Å². The first-order valence-electron chi connectivity index (χ1n) is 12.6. The summed E-state index contributed by atoms with van der Waals surface area (Å²) in [5.41, 5.74) is 0.478. The van der Waals surface area contributed by atoms with Crippen LogP contribution in [-0.4, -0.2) is 74.1 Å². The zero-order valence-corrected chi connectivity index (χ0v) is 21.8. The van der Waals surface area contributed by atoms with Gasteiger partial charge in [0.25, 0.3) is 5.56 Å². The molecule has 0 radical (unpaired) electrons. The van der Waals surface area contributed by atoms with Crippen LogP contribution in [0.1, 0.15) is 12.5 Å². The summed E-state index contributed by atoms with van der Waals surface area (Å²) in [4.78, 5) is 37.1. The molecule has 0 saturated carbocycles. The van der Waals surface area contributed by atoms with Crippen LogP contribution in [0.2, 0.25) is 0 Å². The number of aliphatic hydroxyl groups is 1. The van der Waals surface area contributed by atoms with E-state index >= 15 is 4.39 Å². The van der Waals surface area contributed by atoms with Crippen LogP contribution in [0, 0.1) is 5.82 Å². The van der Waals surface area contributed by atoms with Gasteiger partial charge in [-0.05, 0) is 19.1 Å². The highest BCUT2D eigenvalue weighted by atomic mass is 19.3. The van der Waals surface area contributed by atoms with Gasteiger partial charge < -0.3 is 19.6 Å². The van der Waals surface area contributed by atoms with Gasteiger partial charge in [-0.15, -0.1) is 0 Å². The third kappa shape index (κ3) is 4.99. The van der Waals surface area contributed by atoms with Crippen molar-refractivity contribution in [2.24, 2.45) is 7.05 Å². The van der Waals surface area contributed by atoms with Crippen molar-refractivity contribution in [3.63, 3.8) is 0 Å². The molecule has 3 heterocycles. The molecule has 210 valence electrons. The molecule has 1 amide bonds. The first-order valence-corrected chi connectivity index (χ1v) is 12.6. The van der Waals surface area contributed by atoms with Gasteiger partial charge in [-0.1, -0.05) is 24.3 Å². The van der Waals surface area contributed by atoms with Gasteiger partial charge in [0.05, 0.1) is 11.9 Å². The van der Waals surface area contributed by atoms with E-state index in [2.05, 4.69) is 14.7 Å². The molecule has 5 rings (SSSR count). The number of aromatic nitrogens is 4. The van der Waals surface area contributed by atoms with Crippen LogP contribution in [0.4, 0.5) is 19.1 Å². The summed E-state index contributed by atoms with van der Waals surface area (Å²) in [6, 6.07) is 9.00. The van der Waals surface area contributed by atoms with Crippen LogP contribution in [-0.2, 0) is 18.4 Å². The summed E-state index contributed by atoms with van der Waals surface area (Å²) in [5, 5.41) is 9.29. The Morgan fingerprint density at radius 2 is 1.88 bits per heavy atom. The largest absolute Gasteiger partial charge is 0.434 e. The third-order valence-corrected chi connectivity index (χ3v) is 7.08. The maximum atomic E-state index is 16.0. The Balaban J connectivity index is 1.46. The molecule has 0 unspecified atom stereocenters. The number of carbonyl (C=O) groups is 1. The molecule has 1 saturated heterocycles. The monoisotopic (exact) mass is 556 g/mol. The van der Waals surface area contributed by atoms with Crippen LogP contribution < -0.4 is 15.2 Å². The summed E-state index contributed by atoms with van der Waals surface area (Å²) < 4.78 is 49.1. The number of rotatable bonds is 7. The van der Waals surface area contributed by atoms with Gasteiger partial charge in [-0.25, -0.2) is 14.4 Å². The first-order chi connectivity index (χ1) is 19.2. The number of halogens is 3. The van der Waals surface area contributed by atoms with E-state index in [0.717, 1.165) is 0 Å². The van der Waals surface area contributed by atoms with Crippen molar-refractivity contribution in [2.75, 3.05) is 31.1 Å². The van der Waals surface area contributed by atoms with Crippen molar-refractivity contribution in [1.82, 2.24) is 24.2 Å². The second kappa shape index (κ2) is 11.0. The standard InChI is InChI=1S/C27H27F3N6O4/c1-16-13-34(9-10-35(16)22(38)15-37)27-31-11-18(12-32-27)19-7-8-20-24(23(19)28)36(33(2)25(20)39)14-17-5-3-4-6-21(17)40-26(29)30/h3-8,11-12,16,26,37H,9-10,13-15H2,1-2H3/t16-/m1/s1. The summed E-state index contributed by atoms with van der Waals surface area (Å²) in [6.07, 6.45) is 2.97. The molecule has 0 spiro atoms. The van der Waals surface area contributed by atoms with E-state index in [1.165, 1.54) is 47.0 Å². The van der Waals surface area contributed by atoms with Gasteiger partial charge >= 0.3 is 6.61 Å². The highest BCUT2D eigenvalue weighted by Crippen LogP contribution is 2.30. The van der Waals surface area contributed by atoms with E-state index in [1.54, 1.807) is 23.1 Å². The van der Waals surface area contributed by atoms with Crippen LogP contribution in [0.3, 0.4) is 0 Å². The SMILES string of the molecule is C[C@@H]1CN(c2ncc(-c3ccc4c(=O)n(C)n(Cc5ccccc5OC(F)F)c4c3F)cn2)CCN1C(=O)CO. The number of alkyl halides is 2. The van der Waals surface area contributed by atoms with Crippen molar-refractivity contribution < 1.29 is 27.8 Å². The smallest absolute Gasteiger partial charge is 0.387 e. The molecular weight excluding hydrogens is 529 g/mol. The van der Waals surface area contributed by atoms with Gasteiger partial charge in [-0.3, -0.25) is 19.0 Å². The second-order valence-electron chi connectivity index (χ2n) is 9.51. The van der Waals surface area contributed by atoms with Gasteiger partial charge in [0.15, 0.2) is 5.82 Å². The zero-order chi connectivity index (χ0) is 28.6. The number of nitrogens with zero attached hydrogens (tertiary/aromatic N) is 6. The molecule has 4 aromatic rings. The van der Waals surface area contributed by atoms with Crippen molar-refractivity contribution in [1.29, 1.82) is 0 Å². The maximum absolute atomic E-state index is 16.0. The van der Waals surface area contributed by atoms with Gasteiger partial charge in [0.1, 0.15) is 17.9 Å². The summed E-state index contributed by atoms with van der Waals surface area (Å²) in [7, 11) is 1.48. The van der Waals surface area contributed by atoms with E-state index in [4.69, 9.17) is 5.11 Å². The Kier molecular flexibility index (Phi) is 7.48. The molecule has 1 aliphatic rings. The maximum Gasteiger partial charge on any atom is 0.387 e. The molecule has 1 fully saturated rings. The van der Waals surface area contributed by atoms with Crippen molar-refractivity contribution in [3.05, 3.63) is 70.5 Å². The Morgan fingerprint density at radius 1 is 1.15 bits per heavy atom. The van der Waals surface area contributed by atoms with Gasteiger partial charge in [-0.2, -0.15) is 8.78 Å². The van der Waals surface area contributed by atoms with Crippen LogP contribution in [0.25, 0.3) is 22.0 Å². The fourth-order valence-electron chi connectivity index (χ4n) is 5.06. The topological polar surface area (TPSA) is 106 Å². The number of amides is 1. The average molecular weight is 557 g/mol. The van der Waals surface area contributed by atoms with E-state index in [-0.39, 0.29) is 40.7 Å². The lowest BCUT2D eigenvalue weighted by Crippen LogP contribution is -2.55. The van der Waals surface area contributed by atoms with E-state index in [0.29, 0.717) is 36.7 Å². The molecular formula is C27H27F3N6O4. The number of benzene rings is 2. The zero-order valence-electron chi connectivity index (χ0n) is 21.8. The summed E-state index contributed by atoms with van der Waals surface area (Å²) in [6.45, 7) is -0.438. The fraction of sp³-hybridized carbons (Fsp3) is 0.333. The van der Waals surface area contributed by atoms with Crippen LogP contribution >= 0.6 is 0 Å². The number of ether oxygens (including phenoxy) is 1. The Hall–Kier alpha value is -4.39. The quantitative estimate of drug-likeness (QED) is 0.373. The molecule has 2 aromatic carbocycles. The van der Waals surface area contributed by atoms with E-state index in [9.17, 15) is 18.4 Å². The van der Waals surface area contributed by atoms with Crippen molar-refractivity contribution in [2.45, 2.75) is 26.1 Å². The van der Waals surface area contributed by atoms with E-state index in [1.807, 2.05) is 11.8 Å². The lowest BCUT2D eigenvalue weighted by Gasteiger charge is -2.39. The summed E-state index contributed by atoms with van der Waals surface area (Å²) >= 11 is 0. The molecule has 13 heteroatoms. The number of anilines is 1. The third-order valence-electron chi connectivity index (χ3n) is 7.08. The Morgan fingerprint density at radius 3 is 2.55 bits per heavy atom. The molecule has 1 N–H and O–H groups in total. The Labute approximate surface area is 226 Å². The highest BCUT2D eigenvalue weighted by molar-refractivity contribution is 5.85. The molecule has 1 aliphatic heterocycles. The van der Waals surface area contributed by atoms with Crippen LogP contribution in [0.5, 0.6) is 5.75 Å². The molecule has 0 aliphatic carbocycles. The average Bonchev–Trinajstić information content (AvgIpc) is 3.19. The first kappa shape index (κ1) is 27.2. The lowest BCUT2D eigenvalue weighted by molar-refractivity contribution is -0.136. The van der Waals surface area contributed by atoms with E-state index < -0.39 is 24.6 Å². The summed E-state index contributed by atoms with van der Waals surface area (Å²) in [5.74, 6) is -0.661. The minimum absolute atomic E-state index is 0.0134. The molecule has 10 nitrogen and oxygen atoms in total.